The Kier molecular flexibility index (Phi) is 4.75. The second-order valence-corrected chi connectivity index (χ2v) is 5.63. The summed E-state index contributed by atoms with van der Waals surface area (Å²) < 4.78 is 0.837. The number of aryl methyl sites for hydroxylation is 2. The van der Waals surface area contributed by atoms with Crippen LogP contribution in [0, 0.1) is 13.8 Å². The first-order chi connectivity index (χ1) is 9.97. The predicted molar refractivity (Wildman–Crippen MR) is 86.8 cm³/mol. The Bertz CT molecular complexity index is 688. The van der Waals surface area contributed by atoms with Crippen molar-refractivity contribution in [1.29, 1.82) is 0 Å². The van der Waals surface area contributed by atoms with Gasteiger partial charge in [-0.2, -0.15) is 5.10 Å². The van der Waals surface area contributed by atoms with E-state index in [1.807, 2.05) is 19.9 Å². The topological polar surface area (TPSA) is 61.7 Å². The van der Waals surface area contributed by atoms with Gasteiger partial charge in [-0.3, -0.25) is 4.79 Å². The van der Waals surface area contributed by atoms with E-state index in [0.29, 0.717) is 5.56 Å². The van der Waals surface area contributed by atoms with Gasteiger partial charge in [0.15, 0.2) is 0 Å². The first-order valence-corrected chi connectivity index (χ1v) is 7.16. The van der Waals surface area contributed by atoms with E-state index >= 15 is 0 Å². The predicted octanol–water partition coefficient (Wildman–Crippen LogP) is 3.54. The fourth-order valence-electron chi connectivity index (χ4n) is 1.92. The lowest BCUT2D eigenvalue weighted by Crippen LogP contribution is -2.17. The summed E-state index contributed by atoms with van der Waals surface area (Å²) in [5, 5.41) is 13.6. The van der Waals surface area contributed by atoms with Gasteiger partial charge in [0.1, 0.15) is 5.75 Å². The van der Waals surface area contributed by atoms with Crippen LogP contribution in [0.3, 0.4) is 0 Å². The van der Waals surface area contributed by atoms with E-state index in [-0.39, 0.29) is 11.7 Å². The zero-order chi connectivity index (χ0) is 15.4. The second-order valence-electron chi connectivity index (χ2n) is 4.71. The monoisotopic (exact) mass is 346 g/mol. The van der Waals surface area contributed by atoms with Gasteiger partial charge in [0.25, 0.3) is 5.91 Å². The lowest BCUT2D eigenvalue weighted by Gasteiger charge is -2.04. The van der Waals surface area contributed by atoms with Crippen molar-refractivity contribution in [3.63, 3.8) is 0 Å². The Hall–Kier alpha value is -2.14. The number of phenols is 1. The number of carbonyl (C=O) groups excluding carboxylic acids is 1. The molecule has 0 aliphatic rings. The van der Waals surface area contributed by atoms with E-state index in [4.69, 9.17) is 0 Å². The molecule has 0 unspecified atom stereocenters. The number of phenolic OH excluding ortho intramolecular Hbond substituents is 1. The summed E-state index contributed by atoms with van der Waals surface area (Å²) in [6.07, 6.45) is 1.55. The Morgan fingerprint density at radius 1 is 1.24 bits per heavy atom. The lowest BCUT2D eigenvalue weighted by atomic mass is 10.1. The molecule has 2 N–H and O–H groups in total. The highest BCUT2D eigenvalue weighted by molar-refractivity contribution is 9.10. The number of amides is 1. The number of hydrogen-bond acceptors (Lipinski definition) is 3. The maximum Gasteiger partial charge on any atom is 0.271 e. The summed E-state index contributed by atoms with van der Waals surface area (Å²) in [5.74, 6) is 0.00472. The molecule has 21 heavy (non-hydrogen) atoms. The van der Waals surface area contributed by atoms with E-state index in [1.165, 1.54) is 0 Å². The Morgan fingerprint density at radius 2 is 1.90 bits per heavy atom. The zero-order valence-electron chi connectivity index (χ0n) is 11.7. The van der Waals surface area contributed by atoms with Crippen molar-refractivity contribution in [3.05, 3.63) is 63.1 Å². The quantitative estimate of drug-likeness (QED) is 0.659. The standard InChI is InChI=1S/C16H15BrN2O2/c1-10-6-12(7-11(2)15(10)20)9-18-19-16(21)13-4-3-5-14(17)8-13/h3-9,20H,1-2H3,(H,19,21). The lowest BCUT2D eigenvalue weighted by molar-refractivity contribution is 0.0955. The van der Waals surface area contributed by atoms with E-state index in [9.17, 15) is 9.90 Å². The maximum absolute atomic E-state index is 11.9. The number of rotatable bonds is 3. The summed E-state index contributed by atoms with van der Waals surface area (Å²) in [4.78, 5) is 11.9. The fourth-order valence-corrected chi connectivity index (χ4v) is 2.32. The van der Waals surface area contributed by atoms with Gasteiger partial charge in [-0.1, -0.05) is 22.0 Å². The van der Waals surface area contributed by atoms with Crippen LogP contribution in [0.2, 0.25) is 0 Å². The molecule has 0 atom stereocenters. The number of hydrazone groups is 1. The van der Waals surface area contributed by atoms with Crippen LogP contribution in [-0.2, 0) is 0 Å². The number of aromatic hydroxyl groups is 1. The van der Waals surface area contributed by atoms with Gasteiger partial charge in [-0.15, -0.1) is 0 Å². The molecule has 0 saturated heterocycles. The minimum Gasteiger partial charge on any atom is -0.507 e. The van der Waals surface area contributed by atoms with Gasteiger partial charge in [-0.25, -0.2) is 5.43 Å². The largest absolute Gasteiger partial charge is 0.507 e. The molecule has 0 spiro atoms. The van der Waals surface area contributed by atoms with Crippen molar-refractivity contribution in [3.8, 4) is 5.75 Å². The first-order valence-electron chi connectivity index (χ1n) is 6.36. The summed E-state index contributed by atoms with van der Waals surface area (Å²) in [5.41, 5.74) is 5.37. The molecule has 5 heteroatoms. The van der Waals surface area contributed by atoms with Crippen LogP contribution in [0.5, 0.6) is 5.75 Å². The van der Waals surface area contributed by atoms with E-state index < -0.39 is 0 Å². The van der Waals surface area contributed by atoms with Crippen LogP contribution in [0.1, 0.15) is 27.0 Å². The van der Waals surface area contributed by atoms with Crippen LogP contribution in [0.4, 0.5) is 0 Å². The molecule has 0 aliphatic carbocycles. The average Bonchev–Trinajstić information content (AvgIpc) is 2.44. The SMILES string of the molecule is Cc1cc(C=NNC(=O)c2cccc(Br)c2)cc(C)c1O. The summed E-state index contributed by atoms with van der Waals surface area (Å²) in [6.45, 7) is 3.64. The van der Waals surface area contributed by atoms with E-state index in [2.05, 4.69) is 26.5 Å². The number of halogens is 1. The molecule has 108 valence electrons. The summed E-state index contributed by atoms with van der Waals surface area (Å²) in [7, 11) is 0. The molecule has 0 fully saturated rings. The Morgan fingerprint density at radius 3 is 2.52 bits per heavy atom. The molecule has 0 heterocycles. The average molecular weight is 347 g/mol. The third-order valence-corrected chi connectivity index (χ3v) is 3.47. The molecule has 0 saturated carbocycles. The van der Waals surface area contributed by atoms with E-state index in [0.717, 1.165) is 21.2 Å². The van der Waals surface area contributed by atoms with Crippen molar-refractivity contribution in [2.45, 2.75) is 13.8 Å². The fraction of sp³-hybridized carbons (Fsp3) is 0.125. The number of nitrogens with one attached hydrogen (secondary N) is 1. The van der Waals surface area contributed by atoms with Crippen molar-refractivity contribution in [2.24, 2.45) is 5.10 Å². The highest BCUT2D eigenvalue weighted by Crippen LogP contribution is 2.22. The molecule has 2 aromatic carbocycles. The van der Waals surface area contributed by atoms with Crippen LogP contribution in [0.25, 0.3) is 0 Å². The van der Waals surface area contributed by atoms with Gasteiger partial charge < -0.3 is 5.11 Å². The third-order valence-electron chi connectivity index (χ3n) is 2.98. The number of nitrogens with zero attached hydrogens (tertiary/aromatic N) is 1. The zero-order valence-corrected chi connectivity index (χ0v) is 13.3. The van der Waals surface area contributed by atoms with Gasteiger partial charge in [-0.05, 0) is 60.9 Å². The molecule has 0 aliphatic heterocycles. The minimum absolute atomic E-state index is 0.278. The molecule has 0 radical (unpaired) electrons. The molecule has 1 amide bonds. The van der Waals surface area contributed by atoms with Gasteiger partial charge in [0.05, 0.1) is 6.21 Å². The molecular formula is C16H15BrN2O2. The Balaban J connectivity index is 2.07. The summed E-state index contributed by atoms with van der Waals surface area (Å²) in [6, 6.07) is 10.7. The highest BCUT2D eigenvalue weighted by Gasteiger charge is 2.04. The summed E-state index contributed by atoms with van der Waals surface area (Å²) >= 11 is 3.32. The maximum atomic E-state index is 11.9. The molecule has 4 nitrogen and oxygen atoms in total. The van der Waals surface area contributed by atoms with Gasteiger partial charge in [0.2, 0.25) is 0 Å². The Labute approximate surface area is 131 Å². The van der Waals surface area contributed by atoms with E-state index in [1.54, 1.807) is 36.5 Å². The van der Waals surface area contributed by atoms with Gasteiger partial charge in [0, 0.05) is 10.0 Å². The van der Waals surface area contributed by atoms with Crippen molar-refractivity contribution in [2.75, 3.05) is 0 Å². The number of hydrogen-bond donors (Lipinski definition) is 2. The van der Waals surface area contributed by atoms with Crippen LogP contribution >= 0.6 is 15.9 Å². The molecule has 2 aromatic rings. The highest BCUT2D eigenvalue weighted by atomic mass is 79.9. The smallest absolute Gasteiger partial charge is 0.271 e. The third kappa shape index (κ3) is 3.92. The molecular weight excluding hydrogens is 332 g/mol. The molecule has 2 rings (SSSR count). The van der Waals surface area contributed by atoms with Gasteiger partial charge >= 0.3 is 0 Å². The van der Waals surface area contributed by atoms with Crippen LogP contribution < -0.4 is 5.43 Å². The first kappa shape index (κ1) is 15.3. The second kappa shape index (κ2) is 6.54. The van der Waals surface area contributed by atoms with Crippen LogP contribution in [-0.4, -0.2) is 17.2 Å². The minimum atomic E-state index is -0.278. The van der Waals surface area contributed by atoms with Crippen LogP contribution in [0.15, 0.2) is 46.0 Å². The number of benzene rings is 2. The number of carbonyl (C=O) groups is 1. The van der Waals surface area contributed by atoms with Crippen molar-refractivity contribution in [1.82, 2.24) is 5.43 Å². The van der Waals surface area contributed by atoms with Crippen molar-refractivity contribution >= 4 is 28.1 Å². The van der Waals surface area contributed by atoms with Crippen molar-refractivity contribution < 1.29 is 9.90 Å². The normalized spacial score (nSPS) is 10.8. The molecule has 0 bridgehead atoms. The molecule has 0 aromatic heterocycles.